The van der Waals surface area contributed by atoms with Gasteiger partial charge in [0.05, 0.1) is 0 Å². The molecule has 2 N–H and O–H groups in total. The zero-order chi connectivity index (χ0) is 22.2. The Labute approximate surface area is 195 Å². The maximum absolute atomic E-state index is 4.52. The van der Waals surface area contributed by atoms with Gasteiger partial charge < -0.3 is 15.5 Å². The fourth-order valence-electron chi connectivity index (χ4n) is 5.62. The van der Waals surface area contributed by atoms with E-state index < -0.39 is 0 Å². The average molecular weight is 441 g/mol. The van der Waals surface area contributed by atoms with E-state index in [1.54, 1.807) is 0 Å². The second kappa shape index (κ2) is 11.5. The van der Waals surface area contributed by atoms with E-state index in [4.69, 9.17) is 0 Å². The van der Waals surface area contributed by atoms with Gasteiger partial charge in [0.25, 0.3) is 0 Å². The number of hydrogen-bond acceptors (Lipinski definition) is 4. The Bertz CT molecular complexity index is 710. The monoisotopic (exact) mass is 440 g/mol. The molecule has 1 aromatic rings. The number of likely N-dealkylation sites (tertiary alicyclic amines) is 3. The van der Waals surface area contributed by atoms with Crippen LogP contribution in [0.4, 0.5) is 0 Å². The van der Waals surface area contributed by atoms with E-state index in [-0.39, 0.29) is 5.54 Å². The van der Waals surface area contributed by atoms with E-state index in [1.165, 1.54) is 95.3 Å². The van der Waals surface area contributed by atoms with Crippen LogP contribution in [0.15, 0.2) is 29.3 Å². The minimum Gasteiger partial charge on any atom is -0.355 e. The molecule has 0 unspecified atom stereocenters. The van der Waals surface area contributed by atoms with Crippen molar-refractivity contribution >= 4 is 5.96 Å². The highest BCUT2D eigenvalue weighted by molar-refractivity contribution is 5.79. The van der Waals surface area contributed by atoms with Crippen LogP contribution in [0, 0.1) is 0 Å². The van der Waals surface area contributed by atoms with Gasteiger partial charge >= 0.3 is 0 Å². The van der Waals surface area contributed by atoms with E-state index in [1.807, 2.05) is 7.05 Å². The largest absolute Gasteiger partial charge is 0.355 e. The number of aliphatic imine (C=N–C) groups is 1. The Balaban J connectivity index is 1.28. The molecule has 32 heavy (non-hydrogen) atoms. The first-order valence-electron chi connectivity index (χ1n) is 12.9. The lowest BCUT2D eigenvalue weighted by Gasteiger charge is -2.50. The number of nitrogens with zero attached hydrogens (tertiary/aromatic N) is 4. The van der Waals surface area contributed by atoms with Gasteiger partial charge in [0.2, 0.25) is 0 Å². The minimum absolute atomic E-state index is 0.266. The molecular formula is C26H44N6. The minimum atomic E-state index is 0.266. The molecule has 3 fully saturated rings. The van der Waals surface area contributed by atoms with Gasteiger partial charge in [-0.15, -0.1) is 0 Å². The van der Waals surface area contributed by atoms with Crippen molar-refractivity contribution in [3.63, 3.8) is 0 Å². The predicted octanol–water partition coefficient (Wildman–Crippen LogP) is 2.90. The van der Waals surface area contributed by atoms with E-state index in [0.717, 1.165) is 25.6 Å². The van der Waals surface area contributed by atoms with Crippen LogP contribution in [-0.4, -0.2) is 86.1 Å². The quantitative estimate of drug-likeness (QED) is 0.504. The Morgan fingerprint density at radius 1 is 0.844 bits per heavy atom. The highest BCUT2D eigenvalue weighted by Crippen LogP contribution is 2.30. The summed E-state index contributed by atoms with van der Waals surface area (Å²) in [4.78, 5) is 12.3. The van der Waals surface area contributed by atoms with Crippen molar-refractivity contribution < 1.29 is 0 Å². The third kappa shape index (κ3) is 6.24. The maximum atomic E-state index is 4.52. The zero-order valence-electron chi connectivity index (χ0n) is 20.4. The third-order valence-electron chi connectivity index (χ3n) is 7.84. The molecule has 6 heteroatoms. The summed E-state index contributed by atoms with van der Waals surface area (Å²) in [7, 11) is 4.14. The first-order chi connectivity index (χ1) is 15.7. The molecule has 6 nitrogen and oxygen atoms in total. The first kappa shape index (κ1) is 23.5. The van der Waals surface area contributed by atoms with E-state index in [9.17, 15) is 0 Å². The summed E-state index contributed by atoms with van der Waals surface area (Å²) < 4.78 is 0. The summed E-state index contributed by atoms with van der Waals surface area (Å²) in [5, 5.41) is 7.24. The molecule has 0 aliphatic carbocycles. The predicted molar refractivity (Wildman–Crippen MR) is 134 cm³/mol. The van der Waals surface area contributed by atoms with Gasteiger partial charge in [0.15, 0.2) is 5.96 Å². The van der Waals surface area contributed by atoms with Crippen LogP contribution in [0.5, 0.6) is 0 Å². The zero-order valence-corrected chi connectivity index (χ0v) is 20.4. The van der Waals surface area contributed by atoms with Crippen LogP contribution in [0.2, 0.25) is 0 Å². The smallest absolute Gasteiger partial charge is 0.191 e. The van der Waals surface area contributed by atoms with Crippen molar-refractivity contribution in [1.82, 2.24) is 25.3 Å². The second-order valence-corrected chi connectivity index (χ2v) is 10.2. The Morgan fingerprint density at radius 2 is 1.47 bits per heavy atom. The van der Waals surface area contributed by atoms with E-state index in [2.05, 4.69) is 61.6 Å². The molecule has 0 atom stereocenters. The summed E-state index contributed by atoms with van der Waals surface area (Å²) in [6, 6.07) is 9.10. The molecule has 0 radical (unpaired) electrons. The van der Waals surface area contributed by atoms with Crippen molar-refractivity contribution in [2.45, 2.75) is 63.6 Å². The SMILES string of the molecule is CN=C(NCc1ccc(CN2CCCC2)cc1)NCC1(N2CCCCC2)CCN(C)CC1. The number of piperidine rings is 2. The number of guanidine groups is 1. The lowest BCUT2D eigenvalue weighted by molar-refractivity contribution is 0.0173. The number of benzene rings is 1. The molecule has 0 amide bonds. The molecule has 3 aliphatic heterocycles. The Morgan fingerprint density at radius 3 is 2.12 bits per heavy atom. The molecule has 0 saturated carbocycles. The standard InChI is InChI=1S/C26H44N6/c1-27-25(28-20-23-8-10-24(11-9-23)21-31-14-6-7-15-31)29-22-26(12-18-30(2)19-13-26)32-16-4-3-5-17-32/h8-11H,3-7,12-22H2,1-2H3,(H2,27,28,29). The molecule has 0 spiro atoms. The van der Waals surface area contributed by atoms with Gasteiger partial charge in [-0.05, 0) is 96.0 Å². The first-order valence-corrected chi connectivity index (χ1v) is 12.9. The topological polar surface area (TPSA) is 46.1 Å². The normalized spacial score (nSPS) is 23.4. The second-order valence-electron chi connectivity index (χ2n) is 10.2. The fraction of sp³-hybridized carbons (Fsp3) is 0.731. The summed E-state index contributed by atoms with van der Waals surface area (Å²) in [5.74, 6) is 0.918. The summed E-state index contributed by atoms with van der Waals surface area (Å²) in [6.45, 7) is 10.3. The van der Waals surface area contributed by atoms with Crippen molar-refractivity contribution in [2.75, 3.05) is 59.9 Å². The average Bonchev–Trinajstić information content (AvgIpc) is 3.35. The molecular weight excluding hydrogens is 396 g/mol. The third-order valence-corrected chi connectivity index (χ3v) is 7.84. The molecule has 0 bridgehead atoms. The van der Waals surface area contributed by atoms with Crippen LogP contribution >= 0.6 is 0 Å². The van der Waals surface area contributed by atoms with Gasteiger partial charge in [-0.3, -0.25) is 14.8 Å². The molecule has 1 aromatic carbocycles. The van der Waals surface area contributed by atoms with Gasteiger partial charge in [-0.1, -0.05) is 30.7 Å². The molecule has 178 valence electrons. The van der Waals surface area contributed by atoms with Gasteiger partial charge in [-0.2, -0.15) is 0 Å². The Kier molecular flexibility index (Phi) is 8.44. The molecule has 0 aromatic heterocycles. The van der Waals surface area contributed by atoms with Crippen LogP contribution in [0.3, 0.4) is 0 Å². The van der Waals surface area contributed by atoms with Gasteiger partial charge in [0.1, 0.15) is 0 Å². The van der Waals surface area contributed by atoms with Crippen molar-refractivity contribution in [1.29, 1.82) is 0 Å². The highest BCUT2D eigenvalue weighted by Gasteiger charge is 2.39. The van der Waals surface area contributed by atoms with Crippen LogP contribution < -0.4 is 10.6 Å². The Hall–Kier alpha value is -1.63. The van der Waals surface area contributed by atoms with Crippen LogP contribution in [0.1, 0.15) is 56.1 Å². The maximum Gasteiger partial charge on any atom is 0.191 e. The number of rotatable bonds is 7. The van der Waals surface area contributed by atoms with Gasteiger partial charge in [0, 0.05) is 32.2 Å². The van der Waals surface area contributed by atoms with E-state index >= 15 is 0 Å². The van der Waals surface area contributed by atoms with Crippen molar-refractivity contribution in [2.24, 2.45) is 4.99 Å². The fourth-order valence-corrected chi connectivity index (χ4v) is 5.62. The summed E-state index contributed by atoms with van der Waals surface area (Å²) in [5.41, 5.74) is 2.99. The lowest BCUT2D eigenvalue weighted by Crippen LogP contribution is -2.62. The highest BCUT2D eigenvalue weighted by atomic mass is 15.3. The van der Waals surface area contributed by atoms with Gasteiger partial charge in [-0.25, -0.2) is 0 Å². The van der Waals surface area contributed by atoms with Crippen molar-refractivity contribution in [3.8, 4) is 0 Å². The summed E-state index contributed by atoms with van der Waals surface area (Å²) in [6.07, 6.45) is 9.27. The molecule has 4 rings (SSSR count). The molecule has 3 saturated heterocycles. The van der Waals surface area contributed by atoms with Crippen LogP contribution in [-0.2, 0) is 13.1 Å². The van der Waals surface area contributed by atoms with Crippen LogP contribution in [0.25, 0.3) is 0 Å². The number of nitrogens with one attached hydrogen (secondary N) is 2. The lowest BCUT2D eigenvalue weighted by atomic mass is 9.84. The number of hydrogen-bond donors (Lipinski definition) is 2. The van der Waals surface area contributed by atoms with Crippen molar-refractivity contribution in [3.05, 3.63) is 35.4 Å². The molecule has 3 heterocycles. The summed E-state index contributed by atoms with van der Waals surface area (Å²) >= 11 is 0. The van der Waals surface area contributed by atoms with E-state index in [0.29, 0.717) is 0 Å². The molecule has 3 aliphatic rings.